The molecule has 0 aliphatic heterocycles. The third-order valence-electron chi connectivity index (χ3n) is 5.03. The maximum atomic E-state index is 4.87. The summed E-state index contributed by atoms with van der Waals surface area (Å²) in [7, 11) is 0. The summed E-state index contributed by atoms with van der Waals surface area (Å²) in [5.74, 6) is 1.72. The van der Waals surface area contributed by atoms with Crippen LogP contribution < -0.4 is 10.2 Å². The summed E-state index contributed by atoms with van der Waals surface area (Å²) < 4.78 is 0. The Morgan fingerprint density at radius 2 is 1.66 bits per heavy atom. The number of anilines is 3. The summed E-state index contributed by atoms with van der Waals surface area (Å²) in [4.78, 5) is 14.3. The molecule has 1 N–H and O–H groups in total. The zero-order valence-corrected chi connectivity index (χ0v) is 18.0. The minimum Gasteiger partial charge on any atom is -0.372 e. The van der Waals surface area contributed by atoms with Crippen LogP contribution in [0.25, 0.3) is 10.2 Å². The van der Waals surface area contributed by atoms with Crippen LogP contribution in [-0.4, -0.2) is 23.1 Å². The molecule has 0 atom stereocenters. The molecule has 0 spiro atoms. The Labute approximate surface area is 176 Å². The van der Waals surface area contributed by atoms with Crippen molar-refractivity contribution in [3.63, 3.8) is 0 Å². The van der Waals surface area contributed by atoms with Gasteiger partial charge in [-0.1, -0.05) is 30.3 Å². The molecule has 0 radical (unpaired) electrons. The predicted octanol–water partition coefficient (Wildman–Crippen LogP) is 6.18. The molecular formula is C24H26N4S. The monoisotopic (exact) mass is 402 g/mol. The Bertz CT molecular complexity index is 1080. The highest BCUT2D eigenvalue weighted by Gasteiger charge is 2.12. The maximum Gasteiger partial charge on any atom is 0.142 e. The number of nitrogens with one attached hydrogen (secondary N) is 1. The Kier molecular flexibility index (Phi) is 5.76. The summed E-state index contributed by atoms with van der Waals surface area (Å²) in [5, 5.41) is 4.61. The minimum atomic E-state index is 0.726. The van der Waals surface area contributed by atoms with Crippen molar-refractivity contribution in [3.8, 4) is 0 Å². The van der Waals surface area contributed by atoms with Crippen LogP contribution in [0.2, 0.25) is 0 Å². The van der Waals surface area contributed by atoms with Gasteiger partial charge < -0.3 is 10.2 Å². The number of fused-ring (bicyclic) bond motifs is 1. The van der Waals surface area contributed by atoms with Gasteiger partial charge in [0, 0.05) is 35.8 Å². The third-order valence-corrected chi connectivity index (χ3v) is 5.97. The minimum absolute atomic E-state index is 0.726. The first-order valence-corrected chi connectivity index (χ1v) is 10.9. The summed E-state index contributed by atoms with van der Waals surface area (Å²) in [6.07, 6.45) is 0.726. The van der Waals surface area contributed by atoms with Gasteiger partial charge in [0.05, 0.1) is 5.39 Å². The Balaban J connectivity index is 1.65. The molecule has 148 valence electrons. The van der Waals surface area contributed by atoms with Gasteiger partial charge in [-0.3, -0.25) is 0 Å². The van der Waals surface area contributed by atoms with E-state index in [-0.39, 0.29) is 0 Å². The second-order valence-corrected chi connectivity index (χ2v) is 8.31. The molecule has 2 aromatic carbocycles. The van der Waals surface area contributed by atoms with Gasteiger partial charge in [0.25, 0.3) is 0 Å². The molecule has 0 bridgehead atoms. The lowest BCUT2D eigenvalue weighted by molar-refractivity contribution is 0.866. The number of thiophene rings is 1. The molecule has 0 saturated carbocycles. The molecule has 0 saturated heterocycles. The van der Waals surface area contributed by atoms with Gasteiger partial charge in [0.2, 0.25) is 0 Å². The fraction of sp³-hybridized carbons (Fsp3) is 0.250. The first-order chi connectivity index (χ1) is 14.2. The second kappa shape index (κ2) is 8.62. The van der Waals surface area contributed by atoms with Crippen molar-refractivity contribution in [2.24, 2.45) is 0 Å². The van der Waals surface area contributed by atoms with Crippen LogP contribution in [0.1, 0.15) is 30.1 Å². The third kappa shape index (κ3) is 4.40. The van der Waals surface area contributed by atoms with E-state index >= 15 is 0 Å². The average Bonchev–Trinajstić information content (AvgIpc) is 3.11. The molecule has 2 heterocycles. The van der Waals surface area contributed by atoms with Gasteiger partial charge in [-0.2, -0.15) is 0 Å². The molecule has 0 unspecified atom stereocenters. The number of aryl methyl sites for hydroxylation is 1. The molecule has 5 heteroatoms. The zero-order chi connectivity index (χ0) is 20.2. The zero-order valence-electron chi connectivity index (χ0n) is 17.1. The molecule has 4 aromatic rings. The molecule has 0 amide bonds. The van der Waals surface area contributed by atoms with Crippen LogP contribution in [0.4, 0.5) is 17.2 Å². The smallest absolute Gasteiger partial charge is 0.142 e. The van der Waals surface area contributed by atoms with Gasteiger partial charge in [0.1, 0.15) is 16.5 Å². The van der Waals surface area contributed by atoms with E-state index in [0.717, 1.165) is 47.1 Å². The van der Waals surface area contributed by atoms with E-state index in [9.17, 15) is 0 Å². The van der Waals surface area contributed by atoms with Gasteiger partial charge in [0.15, 0.2) is 0 Å². The van der Waals surface area contributed by atoms with E-state index in [1.807, 2.05) is 6.07 Å². The molecule has 29 heavy (non-hydrogen) atoms. The van der Waals surface area contributed by atoms with Gasteiger partial charge in [-0.25, -0.2) is 9.97 Å². The van der Waals surface area contributed by atoms with Crippen molar-refractivity contribution in [2.75, 3.05) is 23.3 Å². The van der Waals surface area contributed by atoms with Gasteiger partial charge in [-0.15, -0.1) is 11.3 Å². The molecule has 4 rings (SSSR count). The first-order valence-electron chi connectivity index (χ1n) is 10.1. The fourth-order valence-electron chi connectivity index (χ4n) is 3.52. The molecule has 4 nitrogen and oxygen atoms in total. The van der Waals surface area contributed by atoms with Crippen molar-refractivity contribution < 1.29 is 0 Å². The normalized spacial score (nSPS) is 11.0. The van der Waals surface area contributed by atoms with Crippen molar-refractivity contribution in [3.05, 3.63) is 76.9 Å². The van der Waals surface area contributed by atoms with E-state index in [2.05, 4.69) is 85.6 Å². The number of aromatic nitrogens is 2. The van der Waals surface area contributed by atoms with Crippen LogP contribution in [0.3, 0.4) is 0 Å². The van der Waals surface area contributed by atoms with Crippen molar-refractivity contribution in [2.45, 2.75) is 27.2 Å². The van der Waals surface area contributed by atoms with E-state index in [4.69, 9.17) is 9.97 Å². The lowest BCUT2D eigenvalue weighted by Gasteiger charge is -2.21. The summed E-state index contributed by atoms with van der Waals surface area (Å²) >= 11 is 1.72. The number of hydrogen-bond acceptors (Lipinski definition) is 5. The summed E-state index contributed by atoms with van der Waals surface area (Å²) in [5.41, 5.74) is 3.50. The SMILES string of the molecule is CCN(CC)c1ccc(Nc2nc(Cc3ccccc3)nc3sc(C)cc23)cc1. The highest BCUT2D eigenvalue weighted by atomic mass is 32.1. The van der Waals surface area contributed by atoms with Crippen LogP contribution in [0.5, 0.6) is 0 Å². The standard InChI is InChI=1S/C24H26N4S/c1-4-28(5-2)20-13-11-19(12-14-20)25-23-21-15-17(3)29-24(21)27-22(26-23)16-18-9-7-6-8-10-18/h6-15H,4-5,16H2,1-3H3,(H,25,26,27). The van der Waals surface area contributed by atoms with E-state index in [1.165, 1.54) is 16.1 Å². The van der Waals surface area contributed by atoms with Crippen molar-refractivity contribution in [1.82, 2.24) is 9.97 Å². The highest BCUT2D eigenvalue weighted by molar-refractivity contribution is 7.18. The Hall–Kier alpha value is -2.92. The number of benzene rings is 2. The van der Waals surface area contributed by atoms with E-state index in [0.29, 0.717) is 0 Å². The summed E-state index contributed by atoms with van der Waals surface area (Å²) in [6, 6.07) is 21.1. The van der Waals surface area contributed by atoms with Crippen LogP contribution >= 0.6 is 11.3 Å². The average molecular weight is 403 g/mol. The Morgan fingerprint density at radius 3 is 2.34 bits per heavy atom. The van der Waals surface area contributed by atoms with Crippen LogP contribution in [0, 0.1) is 6.92 Å². The van der Waals surface area contributed by atoms with Gasteiger partial charge >= 0.3 is 0 Å². The number of hydrogen-bond donors (Lipinski definition) is 1. The number of nitrogens with zero attached hydrogens (tertiary/aromatic N) is 3. The molecule has 0 aliphatic rings. The van der Waals surface area contributed by atoms with Crippen LogP contribution in [0.15, 0.2) is 60.7 Å². The lowest BCUT2D eigenvalue weighted by Crippen LogP contribution is -2.21. The molecular weight excluding hydrogens is 376 g/mol. The van der Waals surface area contributed by atoms with E-state index in [1.54, 1.807) is 11.3 Å². The van der Waals surface area contributed by atoms with Crippen molar-refractivity contribution in [1.29, 1.82) is 0 Å². The molecule has 0 aliphatic carbocycles. The quantitative estimate of drug-likeness (QED) is 0.401. The topological polar surface area (TPSA) is 41.0 Å². The second-order valence-electron chi connectivity index (χ2n) is 7.07. The van der Waals surface area contributed by atoms with Gasteiger partial charge in [-0.05, 0) is 56.7 Å². The lowest BCUT2D eigenvalue weighted by atomic mass is 10.1. The highest BCUT2D eigenvalue weighted by Crippen LogP contribution is 2.31. The van der Waals surface area contributed by atoms with Crippen LogP contribution in [-0.2, 0) is 6.42 Å². The predicted molar refractivity (Wildman–Crippen MR) is 125 cm³/mol. The number of rotatable bonds is 7. The molecule has 0 fully saturated rings. The summed E-state index contributed by atoms with van der Waals surface area (Å²) in [6.45, 7) is 8.49. The van der Waals surface area contributed by atoms with Crippen molar-refractivity contribution >= 4 is 38.7 Å². The molecule has 2 aromatic heterocycles. The Morgan fingerprint density at radius 1 is 0.931 bits per heavy atom. The largest absolute Gasteiger partial charge is 0.372 e. The fourth-order valence-corrected chi connectivity index (χ4v) is 4.42. The maximum absolute atomic E-state index is 4.87. The first kappa shape index (κ1) is 19.4. The van der Waals surface area contributed by atoms with E-state index < -0.39 is 0 Å².